The number of halogens is 3. The molecule has 1 unspecified atom stereocenters. The molecule has 0 radical (unpaired) electrons. The average molecular weight is 521 g/mol. The Morgan fingerprint density at radius 3 is 2.60 bits per heavy atom. The quantitative estimate of drug-likeness (QED) is 0.380. The van der Waals surface area contributed by atoms with E-state index in [2.05, 4.69) is 15.4 Å². The number of ether oxygens (including phenoxy) is 1. The first-order valence-electron chi connectivity index (χ1n) is 9.66. The topological polar surface area (TPSA) is 125 Å². The normalized spacial score (nSPS) is 16.3. The Labute approximate surface area is 223 Å². The Morgan fingerprint density at radius 2 is 1.94 bits per heavy atom. The van der Waals surface area contributed by atoms with Gasteiger partial charge in [-0.25, -0.2) is 4.79 Å². The van der Waals surface area contributed by atoms with Crippen molar-refractivity contribution in [1.82, 2.24) is 15.5 Å². The number of carboxylic acid groups (broad SMARTS) is 1. The molecule has 3 N–H and O–H groups in total. The van der Waals surface area contributed by atoms with Gasteiger partial charge in [0.05, 0.1) is 12.5 Å². The van der Waals surface area contributed by atoms with Crippen molar-refractivity contribution in [2.75, 3.05) is 7.05 Å². The van der Waals surface area contributed by atoms with Crippen LogP contribution in [0.4, 0.5) is 18.0 Å². The summed E-state index contributed by atoms with van der Waals surface area (Å²) in [4.78, 5) is 49.9. The summed E-state index contributed by atoms with van der Waals surface area (Å²) in [6.45, 7) is 0. The molecule has 2 aromatic rings. The van der Waals surface area contributed by atoms with Crippen LogP contribution in [-0.2, 0) is 14.4 Å². The summed E-state index contributed by atoms with van der Waals surface area (Å²) in [7, 11) is 1.41. The van der Waals surface area contributed by atoms with Gasteiger partial charge in [-0.15, -0.1) is 24.5 Å². The van der Waals surface area contributed by atoms with Crippen molar-refractivity contribution in [1.29, 1.82) is 0 Å². The summed E-state index contributed by atoms with van der Waals surface area (Å²) < 4.78 is 41.4. The number of carboxylic acids is 1. The van der Waals surface area contributed by atoms with Gasteiger partial charge >= 0.3 is 47.9 Å². The van der Waals surface area contributed by atoms with Crippen LogP contribution >= 0.6 is 11.3 Å². The number of hydrogen-bond donors (Lipinski definition) is 3. The first-order chi connectivity index (χ1) is 15.9. The Bertz CT molecular complexity index is 1150. The number of benzene rings is 1. The van der Waals surface area contributed by atoms with Gasteiger partial charge in [0.15, 0.2) is 11.8 Å². The molecule has 1 aliphatic heterocycles. The summed E-state index contributed by atoms with van der Waals surface area (Å²) in [6, 6.07) is 4.93. The third kappa shape index (κ3) is 7.82. The average Bonchev–Trinajstić information content (AvgIpc) is 3.22. The molecule has 0 saturated heterocycles. The molecule has 182 valence electrons. The van der Waals surface area contributed by atoms with Crippen LogP contribution in [0.2, 0.25) is 0 Å². The zero-order chi connectivity index (χ0) is 25.0. The van der Waals surface area contributed by atoms with Gasteiger partial charge in [-0.05, 0) is 29.8 Å². The van der Waals surface area contributed by atoms with Crippen molar-refractivity contribution in [3.8, 4) is 16.2 Å². The minimum absolute atomic E-state index is 0. The number of rotatable bonds is 7. The number of hydrogen-bond acceptors (Lipinski definition) is 6. The van der Waals surface area contributed by atoms with E-state index in [0.717, 1.165) is 28.4 Å². The fourth-order valence-corrected chi connectivity index (χ4v) is 4.14. The van der Waals surface area contributed by atoms with E-state index in [1.54, 1.807) is 12.1 Å². The number of carbonyl (C=O) groups excluding carboxylic acids is 3. The van der Waals surface area contributed by atoms with Crippen molar-refractivity contribution >= 4 is 64.6 Å². The number of nitrogens with one attached hydrogen (secondary N) is 2. The second-order valence-corrected chi connectivity index (χ2v) is 8.26. The van der Waals surface area contributed by atoms with Crippen LogP contribution in [-0.4, -0.2) is 82.7 Å². The zero-order valence-corrected chi connectivity index (χ0v) is 18.3. The molecular weight excluding hydrogens is 502 g/mol. The predicted octanol–water partition coefficient (Wildman–Crippen LogP) is 2.40. The summed E-state index contributed by atoms with van der Waals surface area (Å²) in [5.74, 6) is -2.93. The maximum absolute atomic E-state index is 12.5. The third-order valence-corrected chi connectivity index (χ3v) is 5.87. The molecule has 2 heterocycles. The van der Waals surface area contributed by atoms with Crippen molar-refractivity contribution < 1.29 is 42.2 Å². The number of thiophene rings is 1. The van der Waals surface area contributed by atoms with Crippen LogP contribution < -0.4 is 15.4 Å². The molecule has 9 nitrogen and oxygen atoms in total. The Hall–Kier alpha value is -2.87. The molecule has 0 saturated carbocycles. The van der Waals surface area contributed by atoms with Gasteiger partial charge < -0.3 is 25.4 Å². The van der Waals surface area contributed by atoms with Crippen molar-refractivity contribution in [3.63, 3.8) is 0 Å². The molecule has 1 aromatic heterocycles. The molecule has 1 aliphatic rings. The second-order valence-electron chi connectivity index (χ2n) is 7.15. The van der Waals surface area contributed by atoms with Gasteiger partial charge in [-0.1, -0.05) is 12.1 Å². The Kier molecular flexibility index (Phi) is 9.49. The fourth-order valence-electron chi connectivity index (χ4n) is 3.08. The first kappa shape index (κ1) is 28.4. The summed E-state index contributed by atoms with van der Waals surface area (Å²) >= 11 is 1.06. The van der Waals surface area contributed by atoms with Crippen molar-refractivity contribution in [3.05, 3.63) is 53.6 Å². The second kappa shape index (κ2) is 11.7. The number of carbonyl (C=O) groups is 4. The fraction of sp³-hybridized carbons (Fsp3) is 0.238. The van der Waals surface area contributed by atoms with E-state index in [1.807, 2.05) is 0 Å². The van der Waals surface area contributed by atoms with Gasteiger partial charge in [0.25, 0.3) is 5.91 Å². The third-order valence-electron chi connectivity index (χ3n) is 4.62. The van der Waals surface area contributed by atoms with Crippen LogP contribution in [0.25, 0.3) is 10.4 Å². The van der Waals surface area contributed by atoms with Crippen LogP contribution in [0.3, 0.4) is 0 Å². The maximum atomic E-state index is 12.5. The predicted molar refractivity (Wildman–Crippen MR) is 121 cm³/mol. The number of amides is 3. The SMILES string of the molecule is CN1C=CC(=O)C(NC(=O)N[C@@H](CC(=O)O)c2ccc(-c3cccc(OC(F)(F)F)c3)s2)C1=O.[NaH]. The molecule has 0 fully saturated rings. The number of urea groups is 1. The number of alkyl halides is 3. The van der Waals surface area contributed by atoms with Crippen LogP contribution in [0.15, 0.2) is 48.7 Å². The van der Waals surface area contributed by atoms with Gasteiger partial charge in [-0.3, -0.25) is 14.4 Å². The number of aliphatic carboxylic acids is 1. The van der Waals surface area contributed by atoms with Crippen LogP contribution in [0, 0.1) is 0 Å². The minimum atomic E-state index is -4.85. The number of ketones is 1. The van der Waals surface area contributed by atoms with Crippen LogP contribution in [0.5, 0.6) is 5.75 Å². The number of likely N-dealkylation sites (N-methyl/N-ethyl adjacent to an activating group) is 1. The molecule has 0 bridgehead atoms. The van der Waals surface area contributed by atoms with E-state index in [0.29, 0.717) is 15.3 Å². The van der Waals surface area contributed by atoms with Crippen molar-refractivity contribution in [2.24, 2.45) is 0 Å². The summed E-state index contributed by atoms with van der Waals surface area (Å²) in [5, 5.41) is 13.9. The van der Waals surface area contributed by atoms with Gasteiger partial charge in [0, 0.05) is 29.1 Å². The van der Waals surface area contributed by atoms with E-state index >= 15 is 0 Å². The van der Waals surface area contributed by atoms with Gasteiger partial charge in [0.2, 0.25) is 0 Å². The van der Waals surface area contributed by atoms with E-state index in [-0.39, 0.29) is 29.6 Å². The van der Waals surface area contributed by atoms with Gasteiger partial charge in [0.1, 0.15) is 5.75 Å². The molecule has 0 spiro atoms. The monoisotopic (exact) mass is 521 g/mol. The van der Waals surface area contributed by atoms with E-state index in [1.165, 1.54) is 31.4 Å². The molecule has 1 aromatic carbocycles. The van der Waals surface area contributed by atoms with E-state index < -0.39 is 54.3 Å². The van der Waals surface area contributed by atoms with E-state index in [9.17, 15) is 37.5 Å². The molecular formula is C21H19F3N3NaO6S. The standard InChI is InChI=1S/C21H18F3N3O6S.Na.H/c1-27-8-7-14(28)18(19(27)31)26-20(32)25-13(10-17(29)30)16-6-5-15(34-16)11-3-2-4-12(9-11)33-21(22,23)24;;/h2-9,13,18H,10H2,1H3,(H,29,30)(H2,25,26,32);;/t13-,18?;;/m0../s1. The molecule has 2 atom stereocenters. The zero-order valence-electron chi connectivity index (χ0n) is 17.5. The Balaban J connectivity index is 0.00000432. The van der Waals surface area contributed by atoms with Crippen LogP contribution in [0.1, 0.15) is 17.3 Å². The van der Waals surface area contributed by atoms with Crippen molar-refractivity contribution in [2.45, 2.75) is 24.9 Å². The molecule has 3 rings (SSSR count). The first-order valence-corrected chi connectivity index (χ1v) is 10.5. The molecule has 14 heteroatoms. The summed E-state index contributed by atoms with van der Waals surface area (Å²) in [5.41, 5.74) is 0.393. The summed E-state index contributed by atoms with van der Waals surface area (Å²) in [6.07, 6.45) is -2.98. The number of nitrogens with zero attached hydrogens (tertiary/aromatic N) is 1. The molecule has 35 heavy (non-hydrogen) atoms. The molecule has 3 amide bonds. The Morgan fingerprint density at radius 1 is 1.23 bits per heavy atom. The molecule has 0 aliphatic carbocycles. The van der Waals surface area contributed by atoms with E-state index in [4.69, 9.17) is 0 Å². The van der Waals surface area contributed by atoms with Gasteiger partial charge in [-0.2, -0.15) is 0 Å².